The topological polar surface area (TPSA) is 29.9 Å². The first kappa shape index (κ1) is 13.6. The SMILES string of the molecule is CC(C)n1cc(CN[C@@H](C)C2CCCCC2)cn1. The summed E-state index contributed by atoms with van der Waals surface area (Å²) in [5, 5.41) is 8.05. The predicted molar refractivity (Wildman–Crippen MR) is 75.5 cm³/mol. The van der Waals surface area contributed by atoms with Gasteiger partial charge >= 0.3 is 0 Å². The number of hydrogen-bond acceptors (Lipinski definition) is 2. The molecule has 3 heteroatoms. The molecule has 1 aromatic rings. The van der Waals surface area contributed by atoms with Crippen molar-refractivity contribution in [3.63, 3.8) is 0 Å². The molecule has 3 nitrogen and oxygen atoms in total. The average molecular weight is 249 g/mol. The van der Waals surface area contributed by atoms with Gasteiger partial charge in [0.2, 0.25) is 0 Å². The number of nitrogens with one attached hydrogen (secondary N) is 1. The summed E-state index contributed by atoms with van der Waals surface area (Å²) in [6.45, 7) is 7.61. The molecule has 2 rings (SSSR count). The zero-order valence-corrected chi connectivity index (χ0v) is 12.0. The third kappa shape index (κ3) is 3.58. The molecule has 0 unspecified atom stereocenters. The Kier molecular flexibility index (Phi) is 4.81. The zero-order chi connectivity index (χ0) is 13.0. The minimum Gasteiger partial charge on any atom is -0.310 e. The summed E-state index contributed by atoms with van der Waals surface area (Å²) < 4.78 is 2.03. The Balaban J connectivity index is 1.79. The fourth-order valence-electron chi connectivity index (χ4n) is 2.83. The Morgan fingerprint density at radius 2 is 2.00 bits per heavy atom. The van der Waals surface area contributed by atoms with Gasteiger partial charge in [-0.3, -0.25) is 4.68 Å². The molecule has 1 aromatic heterocycles. The van der Waals surface area contributed by atoms with E-state index in [0.29, 0.717) is 12.1 Å². The Morgan fingerprint density at radius 1 is 1.28 bits per heavy atom. The highest BCUT2D eigenvalue weighted by atomic mass is 15.3. The van der Waals surface area contributed by atoms with Gasteiger partial charge in [-0.2, -0.15) is 5.10 Å². The summed E-state index contributed by atoms with van der Waals surface area (Å²) in [4.78, 5) is 0. The van der Waals surface area contributed by atoms with Gasteiger partial charge in [0.15, 0.2) is 0 Å². The first-order chi connectivity index (χ1) is 8.66. The third-order valence-corrected chi connectivity index (χ3v) is 4.17. The molecule has 1 saturated carbocycles. The van der Waals surface area contributed by atoms with Crippen molar-refractivity contribution >= 4 is 0 Å². The maximum absolute atomic E-state index is 4.38. The van der Waals surface area contributed by atoms with Gasteiger partial charge in [0.1, 0.15) is 0 Å². The van der Waals surface area contributed by atoms with Crippen LogP contribution in [0.4, 0.5) is 0 Å². The number of hydrogen-bond donors (Lipinski definition) is 1. The largest absolute Gasteiger partial charge is 0.310 e. The summed E-state index contributed by atoms with van der Waals surface area (Å²) in [5.41, 5.74) is 1.30. The predicted octanol–water partition coefficient (Wildman–Crippen LogP) is 3.52. The minimum absolute atomic E-state index is 0.453. The highest BCUT2D eigenvalue weighted by Crippen LogP contribution is 2.26. The van der Waals surface area contributed by atoms with Gasteiger partial charge in [0.25, 0.3) is 0 Å². The normalized spacial score (nSPS) is 19.3. The van der Waals surface area contributed by atoms with E-state index in [0.717, 1.165) is 12.5 Å². The summed E-state index contributed by atoms with van der Waals surface area (Å²) in [5.74, 6) is 0.874. The van der Waals surface area contributed by atoms with E-state index in [1.54, 1.807) is 0 Å². The fourth-order valence-corrected chi connectivity index (χ4v) is 2.83. The van der Waals surface area contributed by atoms with E-state index in [4.69, 9.17) is 0 Å². The highest BCUT2D eigenvalue weighted by molar-refractivity contribution is 5.04. The van der Waals surface area contributed by atoms with Crippen molar-refractivity contribution in [1.82, 2.24) is 15.1 Å². The zero-order valence-electron chi connectivity index (χ0n) is 12.0. The fraction of sp³-hybridized carbons (Fsp3) is 0.800. The monoisotopic (exact) mass is 249 g/mol. The second-order valence-corrected chi connectivity index (χ2v) is 5.99. The van der Waals surface area contributed by atoms with Crippen molar-refractivity contribution in [1.29, 1.82) is 0 Å². The van der Waals surface area contributed by atoms with Gasteiger partial charge in [-0.05, 0) is 39.5 Å². The molecule has 0 saturated heterocycles. The Morgan fingerprint density at radius 3 is 2.61 bits per heavy atom. The molecule has 1 fully saturated rings. The standard InChI is InChI=1S/C15H27N3/c1-12(2)18-11-14(10-17-18)9-16-13(3)15-7-5-4-6-8-15/h10-13,15-16H,4-9H2,1-3H3/t13-/m0/s1. The van der Waals surface area contributed by atoms with E-state index in [1.165, 1.54) is 37.7 Å². The van der Waals surface area contributed by atoms with Crippen molar-refractivity contribution in [3.8, 4) is 0 Å². The van der Waals surface area contributed by atoms with Gasteiger partial charge in [-0.1, -0.05) is 19.3 Å². The first-order valence-electron chi connectivity index (χ1n) is 7.43. The number of nitrogens with zero attached hydrogens (tertiary/aromatic N) is 2. The Labute approximate surface area is 111 Å². The molecule has 0 aliphatic heterocycles. The van der Waals surface area contributed by atoms with Crippen LogP contribution in [0.15, 0.2) is 12.4 Å². The maximum atomic E-state index is 4.38. The Hall–Kier alpha value is -0.830. The van der Waals surface area contributed by atoms with E-state index in [9.17, 15) is 0 Å². The molecular weight excluding hydrogens is 222 g/mol. The van der Waals surface area contributed by atoms with Gasteiger partial charge in [0, 0.05) is 30.4 Å². The van der Waals surface area contributed by atoms with Crippen molar-refractivity contribution in [3.05, 3.63) is 18.0 Å². The van der Waals surface area contributed by atoms with Crippen LogP contribution in [-0.2, 0) is 6.54 Å². The summed E-state index contributed by atoms with van der Waals surface area (Å²) in [6, 6.07) is 1.09. The van der Waals surface area contributed by atoms with Crippen molar-refractivity contribution < 1.29 is 0 Å². The molecule has 0 aromatic carbocycles. The summed E-state index contributed by atoms with van der Waals surface area (Å²) >= 11 is 0. The second kappa shape index (κ2) is 6.37. The van der Waals surface area contributed by atoms with Crippen LogP contribution in [0.3, 0.4) is 0 Å². The molecule has 0 amide bonds. The molecule has 102 valence electrons. The highest BCUT2D eigenvalue weighted by Gasteiger charge is 2.19. The molecule has 18 heavy (non-hydrogen) atoms. The summed E-state index contributed by atoms with van der Waals surface area (Å²) in [6.07, 6.45) is 11.2. The molecule has 1 N–H and O–H groups in total. The van der Waals surface area contributed by atoms with E-state index < -0.39 is 0 Å². The van der Waals surface area contributed by atoms with Crippen LogP contribution in [0.25, 0.3) is 0 Å². The van der Waals surface area contributed by atoms with Gasteiger partial charge in [0.05, 0.1) is 6.20 Å². The molecule has 1 atom stereocenters. The lowest BCUT2D eigenvalue weighted by atomic mass is 9.84. The van der Waals surface area contributed by atoms with E-state index in [1.807, 2.05) is 10.9 Å². The molecule has 0 radical (unpaired) electrons. The Bertz CT molecular complexity index is 350. The molecule has 0 spiro atoms. The lowest BCUT2D eigenvalue weighted by Gasteiger charge is -2.28. The average Bonchev–Trinajstić information content (AvgIpc) is 2.86. The van der Waals surface area contributed by atoms with Crippen LogP contribution in [0.5, 0.6) is 0 Å². The van der Waals surface area contributed by atoms with Gasteiger partial charge in [-0.15, -0.1) is 0 Å². The van der Waals surface area contributed by atoms with E-state index >= 15 is 0 Å². The third-order valence-electron chi connectivity index (χ3n) is 4.17. The van der Waals surface area contributed by atoms with Crippen molar-refractivity contribution in [2.45, 2.75) is 71.5 Å². The van der Waals surface area contributed by atoms with Crippen LogP contribution in [-0.4, -0.2) is 15.8 Å². The maximum Gasteiger partial charge on any atom is 0.0534 e. The molecule has 1 aliphatic rings. The van der Waals surface area contributed by atoms with Crippen LogP contribution in [0.2, 0.25) is 0 Å². The molecular formula is C15H27N3. The second-order valence-electron chi connectivity index (χ2n) is 5.99. The molecule has 1 heterocycles. The van der Waals surface area contributed by atoms with Crippen LogP contribution >= 0.6 is 0 Å². The van der Waals surface area contributed by atoms with Crippen LogP contribution in [0, 0.1) is 5.92 Å². The minimum atomic E-state index is 0.453. The van der Waals surface area contributed by atoms with Crippen molar-refractivity contribution in [2.24, 2.45) is 5.92 Å². The van der Waals surface area contributed by atoms with E-state index in [2.05, 4.69) is 37.4 Å². The number of rotatable bonds is 5. The van der Waals surface area contributed by atoms with Gasteiger partial charge < -0.3 is 5.32 Å². The molecule has 1 aliphatic carbocycles. The van der Waals surface area contributed by atoms with Crippen molar-refractivity contribution in [2.75, 3.05) is 0 Å². The lowest BCUT2D eigenvalue weighted by Crippen LogP contribution is -2.34. The summed E-state index contributed by atoms with van der Waals surface area (Å²) in [7, 11) is 0. The lowest BCUT2D eigenvalue weighted by molar-refractivity contribution is 0.280. The van der Waals surface area contributed by atoms with Gasteiger partial charge in [-0.25, -0.2) is 0 Å². The molecule has 0 bridgehead atoms. The first-order valence-corrected chi connectivity index (χ1v) is 7.43. The quantitative estimate of drug-likeness (QED) is 0.865. The van der Waals surface area contributed by atoms with E-state index in [-0.39, 0.29) is 0 Å². The smallest absolute Gasteiger partial charge is 0.0534 e. The van der Waals surface area contributed by atoms with Crippen LogP contribution < -0.4 is 5.32 Å². The number of aromatic nitrogens is 2. The van der Waals surface area contributed by atoms with Crippen LogP contribution in [0.1, 0.15) is 64.5 Å².